The fraction of sp³-hybridized carbons (Fsp3) is 0.458. The minimum atomic E-state index is -0.707. The van der Waals surface area contributed by atoms with Crippen molar-refractivity contribution in [2.75, 3.05) is 56.2 Å². The molecule has 5 aromatic rings. The zero-order valence-corrected chi connectivity index (χ0v) is 36.7. The van der Waals surface area contributed by atoms with Crippen LogP contribution >= 0.6 is 11.3 Å². The first-order valence-corrected chi connectivity index (χ1v) is 22.3. The van der Waals surface area contributed by atoms with E-state index in [0.717, 1.165) is 77.1 Å². The van der Waals surface area contributed by atoms with Crippen molar-refractivity contribution in [3.8, 4) is 16.9 Å². The van der Waals surface area contributed by atoms with E-state index in [1.165, 1.54) is 24.2 Å². The Kier molecular flexibility index (Phi) is 14.2. The van der Waals surface area contributed by atoms with Crippen molar-refractivity contribution in [2.24, 2.45) is 5.92 Å². The normalized spacial score (nSPS) is 15.0. The van der Waals surface area contributed by atoms with Crippen molar-refractivity contribution in [1.29, 1.82) is 0 Å². The molecule has 12 heteroatoms. The number of piperidine rings is 1. The predicted octanol–water partition coefficient (Wildman–Crippen LogP) is 9.71. The topological polar surface area (TPSA) is 115 Å². The number of amides is 1. The number of nitrogens with one attached hydrogen (secondary N) is 1. The number of hydrogen-bond acceptors (Lipinski definition) is 11. The fourth-order valence-corrected chi connectivity index (χ4v) is 9.05. The number of likely N-dealkylation sites (tertiary alicyclic amines) is 1. The molecule has 1 fully saturated rings. The number of aryl methyl sites for hydroxylation is 1. The summed E-state index contributed by atoms with van der Waals surface area (Å²) in [5, 5.41) is 3.59. The molecule has 0 atom stereocenters. The lowest BCUT2D eigenvalue weighted by atomic mass is 9.92. The van der Waals surface area contributed by atoms with Crippen molar-refractivity contribution in [2.45, 2.75) is 92.1 Å². The number of ether oxygens (including phenoxy) is 4. The number of carbonyl (C=O) groups is 2. The summed E-state index contributed by atoms with van der Waals surface area (Å²) < 4.78 is 24.7. The summed E-state index contributed by atoms with van der Waals surface area (Å²) in [7, 11) is 0. The highest BCUT2D eigenvalue weighted by atomic mass is 32.1. The molecule has 2 aliphatic heterocycles. The van der Waals surface area contributed by atoms with Crippen LogP contribution in [0.1, 0.15) is 97.8 Å². The molecule has 11 nitrogen and oxygen atoms in total. The third-order valence-electron chi connectivity index (χ3n) is 11.2. The summed E-state index contributed by atoms with van der Waals surface area (Å²) in [5.74, 6) is 1.47. The van der Waals surface area contributed by atoms with E-state index in [9.17, 15) is 9.59 Å². The molecule has 60 heavy (non-hydrogen) atoms. The number of esters is 1. The maximum atomic E-state index is 13.9. The Morgan fingerprint density at radius 2 is 1.68 bits per heavy atom. The minimum Gasteiger partial charge on any atom is -0.494 e. The molecule has 2 aliphatic rings. The van der Waals surface area contributed by atoms with Gasteiger partial charge in [-0.3, -0.25) is 15.0 Å². The molecule has 0 spiro atoms. The Labute approximate surface area is 358 Å². The number of thiazole rings is 1. The van der Waals surface area contributed by atoms with Crippen molar-refractivity contribution >= 4 is 44.4 Å². The minimum absolute atomic E-state index is 0.147. The molecule has 3 aromatic carbocycles. The molecule has 4 heterocycles. The molecule has 1 saturated heterocycles. The Hall–Kier alpha value is -4.88. The van der Waals surface area contributed by atoms with E-state index in [-0.39, 0.29) is 17.9 Å². The van der Waals surface area contributed by atoms with Gasteiger partial charge in [0.2, 0.25) is 0 Å². The number of anilines is 2. The van der Waals surface area contributed by atoms with Crippen LogP contribution in [0.4, 0.5) is 10.9 Å². The number of carbonyl (C=O) groups excluding carboxylic acids is 2. The van der Waals surface area contributed by atoms with Gasteiger partial charge in [0.05, 0.1) is 16.8 Å². The summed E-state index contributed by atoms with van der Waals surface area (Å²) in [6.45, 7) is 17.7. The van der Waals surface area contributed by atoms with E-state index in [2.05, 4.69) is 26.2 Å². The predicted molar refractivity (Wildman–Crippen MR) is 239 cm³/mol. The van der Waals surface area contributed by atoms with Crippen LogP contribution in [-0.2, 0) is 27.2 Å². The second-order valence-corrected chi connectivity index (χ2v) is 17.7. The molecule has 2 aromatic heterocycles. The highest BCUT2D eigenvalue weighted by molar-refractivity contribution is 7.22. The van der Waals surface area contributed by atoms with Crippen molar-refractivity contribution in [3.63, 3.8) is 0 Å². The summed E-state index contributed by atoms with van der Waals surface area (Å²) >= 11 is 1.46. The smallest absolute Gasteiger partial charge is 0.358 e. The maximum absolute atomic E-state index is 13.9. The molecule has 318 valence electrons. The molecule has 0 bridgehead atoms. The SMILES string of the molecule is CCOC(CN1CCC(CCCOc2ccc(-c3ccc(N4CCc5cccc(C(=O)Nc6nc7ccccc7s6)c5C4)nc3C(=O)OC(C)(C)C)c(C)c2)CC1)OCC. The number of pyridine rings is 1. The van der Waals surface area contributed by atoms with E-state index in [0.29, 0.717) is 60.9 Å². The van der Waals surface area contributed by atoms with Crippen molar-refractivity contribution in [1.82, 2.24) is 14.9 Å². The van der Waals surface area contributed by atoms with Crippen LogP contribution in [0.5, 0.6) is 5.75 Å². The summed E-state index contributed by atoms with van der Waals surface area (Å²) in [5.41, 5.74) is 5.63. The Morgan fingerprint density at radius 1 is 0.917 bits per heavy atom. The first-order chi connectivity index (χ1) is 29.0. The maximum Gasteiger partial charge on any atom is 0.358 e. The average molecular weight is 834 g/mol. The highest BCUT2D eigenvalue weighted by Gasteiger charge is 2.28. The molecular formula is C48H59N5O6S. The largest absolute Gasteiger partial charge is 0.494 e. The van der Waals surface area contributed by atoms with Gasteiger partial charge in [0.15, 0.2) is 17.1 Å². The summed E-state index contributed by atoms with van der Waals surface area (Å²) in [6.07, 6.45) is 5.08. The molecule has 1 N–H and O–H groups in total. The molecular weight excluding hydrogens is 775 g/mol. The lowest BCUT2D eigenvalue weighted by Gasteiger charge is -2.34. The second kappa shape index (κ2) is 19.7. The quantitative estimate of drug-likeness (QED) is 0.0586. The number of aromatic nitrogens is 2. The first kappa shape index (κ1) is 43.2. The van der Waals surface area contributed by atoms with Crippen molar-refractivity contribution < 1.29 is 28.5 Å². The molecule has 7 rings (SSSR count). The first-order valence-electron chi connectivity index (χ1n) is 21.4. The summed E-state index contributed by atoms with van der Waals surface area (Å²) in [4.78, 5) is 41.7. The number of fused-ring (bicyclic) bond motifs is 2. The van der Waals surface area contributed by atoms with Gasteiger partial charge in [-0.1, -0.05) is 41.7 Å². The van der Waals surface area contributed by atoms with E-state index in [1.54, 1.807) is 0 Å². The molecule has 1 amide bonds. The lowest BCUT2D eigenvalue weighted by Crippen LogP contribution is -2.40. The number of benzene rings is 3. The van der Waals surface area contributed by atoms with Gasteiger partial charge >= 0.3 is 5.97 Å². The molecule has 0 radical (unpaired) electrons. The van der Waals surface area contributed by atoms with Gasteiger partial charge in [-0.15, -0.1) is 0 Å². The van der Waals surface area contributed by atoms with E-state index in [4.69, 9.17) is 23.9 Å². The second-order valence-electron chi connectivity index (χ2n) is 16.7. The Bertz CT molecular complexity index is 2220. The van der Waals surface area contributed by atoms with E-state index in [1.807, 2.05) is 108 Å². The van der Waals surface area contributed by atoms with Gasteiger partial charge in [-0.05, 0) is 157 Å². The zero-order valence-electron chi connectivity index (χ0n) is 35.9. The molecule has 0 unspecified atom stereocenters. The number of hydrogen-bond donors (Lipinski definition) is 1. The van der Waals surface area contributed by atoms with Crippen LogP contribution in [0, 0.1) is 12.8 Å². The monoisotopic (exact) mass is 833 g/mol. The van der Waals surface area contributed by atoms with Crippen LogP contribution in [0.2, 0.25) is 0 Å². The van der Waals surface area contributed by atoms with Crippen LogP contribution in [0.15, 0.2) is 72.8 Å². The third kappa shape index (κ3) is 10.9. The standard InChI is InChI=1S/C48H59N5O6S/c1-7-56-43(57-8-2)31-52-25-22-33(23-26-52)13-12-28-58-35-18-19-36(32(3)29-35)37-20-21-42(50-44(37)46(55)59-48(4,5)6)53-27-24-34-14-11-15-38(39(34)30-53)45(54)51-47-49-40-16-9-10-17-41(40)60-47/h9-11,14-21,29,33,43H,7-8,12-13,22-28,30-31H2,1-6H3,(H,49,51,54). The average Bonchev–Trinajstić information content (AvgIpc) is 3.64. The Morgan fingerprint density at radius 3 is 2.42 bits per heavy atom. The van der Waals surface area contributed by atoms with Gasteiger partial charge in [0, 0.05) is 44.0 Å². The van der Waals surface area contributed by atoms with Gasteiger partial charge in [-0.25, -0.2) is 14.8 Å². The van der Waals surface area contributed by atoms with Crippen molar-refractivity contribution in [3.05, 3.63) is 101 Å². The Balaban J connectivity index is 1.01. The third-order valence-corrected chi connectivity index (χ3v) is 12.1. The van der Waals surface area contributed by atoms with Crippen LogP contribution in [0.3, 0.4) is 0 Å². The van der Waals surface area contributed by atoms with Crippen LogP contribution in [0.25, 0.3) is 21.3 Å². The van der Waals surface area contributed by atoms with Crippen LogP contribution in [-0.4, -0.2) is 84.6 Å². The molecule has 0 aliphatic carbocycles. The van der Waals surface area contributed by atoms with E-state index >= 15 is 0 Å². The number of nitrogens with zero attached hydrogens (tertiary/aromatic N) is 4. The van der Waals surface area contributed by atoms with Crippen LogP contribution < -0.4 is 15.0 Å². The highest BCUT2D eigenvalue weighted by Crippen LogP contribution is 2.34. The zero-order chi connectivity index (χ0) is 42.2. The lowest BCUT2D eigenvalue weighted by molar-refractivity contribution is -0.149. The van der Waals surface area contributed by atoms with Gasteiger partial charge in [0.1, 0.15) is 17.2 Å². The fourth-order valence-electron chi connectivity index (χ4n) is 8.19. The summed E-state index contributed by atoms with van der Waals surface area (Å²) in [6, 6.07) is 23.7. The van der Waals surface area contributed by atoms with Gasteiger partial charge in [-0.2, -0.15) is 0 Å². The number of rotatable bonds is 16. The number of para-hydroxylation sites is 1. The molecule has 0 saturated carbocycles. The van der Waals surface area contributed by atoms with Gasteiger partial charge < -0.3 is 23.8 Å². The van der Waals surface area contributed by atoms with Gasteiger partial charge in [0.25, 0.3) is 5.91 Å². The van der Waals surface area contributed by atoms with E-state index < -0.39 is 11.6 Å².